The minimum atomic E-state index is 0.0000293. The molecule has 1 aromatic heterocycles. The largest absolute Gasteiger partial charge is 0.372 e. The zero-order valence-corrected chi connectivity index (χ0v) is 11.3. The molecule has 0 radical (unpaired) electrons. The minimum Gasteiger partial charge on any atom is -0.372 e. The van der Waals surface area contributed by atoms with Crippen LogP contribution in [0.15, 0.2) is 33.3 Å². The molecule has 2 heterocycles. The van der Waals surface area contributed by atoms with Crippen LogP contribution in [-0.2, 0) is 4.74 Å². The van der Waals surface area contributed by atoms with E-state index in [4.69, 9.17) is 15.0 Å². The van der Waals surface area contributed by atoms with Gasteiger partial charge in [0.05, 0.1) is 5.56 Å². The Morgan fingerprint density at radius 2 is 2.28 bits per heavy atom. The van der Waals surface area contributed by atoms with E-state index in [1.54, 1.807) is 0 Å². The zero-order chi connectivity index (χ0) is 12.5. The number of anilines is 1. The normalized spacial score (nSPS) is 19.3. The second-order valence-corrected chi connectivity index (χ2v) is 5.23. The number of aromatic nitrogens is 1. The van der Waals surface area contributed by atoms with Gasteiger partial charge in [0.15, 0.2) is 0 Å². The quantitative estimate of drug-likeness (QED) is 0.921. The molecule has 5 heteroatoms. The Morgan fingerprint density at radius 1 is 1.39 bits per heavy atom. The highest BCUT2D eigenvalue weighted by atomic mass is 79.9. The van der Waals surface area contributed by atoms with Crippen LogP contribution in [0.2, 0.25) is 0 Å². The van der Waals surface area contributed by atoms with Crippen LogP contribution in [-0.4, -0.2) is 11.8 Å². The minimum absolute atomic E-state index is 0.0000293. The molecular formula is C13H13BrN2O2. The van der Waals surface area contributed by atoms with Gasteiger partial charge in [-0.2, -0.15) is 0 Å². The first kappa shape index (κ1) is 11.7. The molecule has 4 nitrogen and oxygen atoms in total. The van der Waals surface area contributed by atoms with Crippen molar-refractivity contribution in [3.05, 3.63) is 34.4 Å². The van der Waals surface area contributed by atoms with Gasteiger partial charge in [0.1, 0.15) is 11.8 Å². The number of nitrogen functional groups attached to an aromatic ring is 1. The standard InChI is InChI=1S/C13H13BrN2O2/c14-9-4-1-3-8(7-9)11-12(16-18-13(11)15)10-5-2-6-17-10/h1,3-4,7,10H,2,5-6,15H2. The number of hydrogen-bond acceptors (Lipinski definition) is 4. The summed E-state index contributed by atoms with van der Waals surface area (Å²) in [6.45, 7) is 0.773. The van der Waals surface area contributed by atoms with E-state index in [2.05, 4.69) is 21.1 Å². The third-order valence-electron chi connectivity index (χ3n) is 3.09. The molecule has 0 amide bonds. The summed E-state index contributed by atoms with van der Waals surface area (Å²) in [5.41, 5.74) is 8.54. The van der Waals surface area contributed by atoms with Crippen LogP contribution < -0.4 is 5.73 Å². The maximum absolute atomic E-state index is 5.89. The first-order valence-electron chi connectivity index (χ1n) is 5.88. The van der Waals surface area contributed by atoms with Crippen molar-refractivity contribution >= 4 is 21.8 Å². The summed E-state index contributed by atoms with van der Waals surface area (Å²) in [6, 6.07) is 7.93. The van der Waals surface area contributed by atoms with Crippen LogP contribution in [0.4, 0.5) is 5.88 Å². The molecule has 0 spiro atoms. The summed E-state index contributed by atoms with van der Waals surface area (Å²) in [4.78, 5) is 0. The van der Waals surface area contributed by atoms with Gasteiger partial charge in [0.2, 0.25) is 5.88 Å². The van der Waals surface area contributed by atoms with Gasteiger partial charge < -0.3 is 15.0 Å². The van der Waals surface area contributed by atoms with E-state index in [0.717, 1.165) is 40.7 Å². The van der Waals surface area contributed by atoms with E-state index in [1.165, 1.54) is 0 Å². The molecule has 1 aromatic carbocycles. The average molecular weight is 309 g/mol. The topological polar surface area (TPSA) is 61.3 Å². The lowest BCUT2D eigenvalue weighted by atomic mass is 10.0. The number of ether oxygens (including phenoxy) is 1. The Hall–Kier alpha value is -1.33. The Balaban J connectivity index is 2.07. The number of hydrogen-bond donors (Lipinski definition) is 1. The van der Waals surface area contributed by atoms with E-state index >= 15 is 0 Å². The number of benzene rings is 1. The van der Waals surface area contributed by atoms with Gasteiger partial charge in [-0.05, 0) is 30.5 Å². The molecule has 0 bridgehead atoms. The molecule has 1 saturated heterocycles. The number of nitrogens with zero attached hydrogens (tertiary/aromatic N) is 1. The van der Waals surface area contributed by atoms with E-state index in [9.17, 15) is 0 Å². The summed E-state index contributed by atoms with van der Waals surface area (Å²) >= 11 is 3.46. The number of halogens is 1. The van der Waals surface area contributed by atoms with E-state index < -0.39 is 0 Å². The van der Waals surface area contributed by atoms with Gasteiger partial charge in [-0.1, -0.05) is 33.2 Å². The van der Waals surface area contributed by atoms with Gasteiger partial charge in [0.25, 0.3) is 0 Å². The highest BCUT2D eigenvalue weighted by Gasteiger charge is 2.27. The molecule has 0 aliphatic carbocycles. The van der Waals surface area contributed by atoms with Crippen molar-refractivity contribution < 1.29 is 9.26 Å². The first-order chi connectivity index (χ1) is 8.75. The van der Waals surface area contributed by atoms with Crippen molar-refractivity contribution in [2.75, 3.05) is 12.3 Å². The lowest BCUT2D eigenvalue weighted by Crippen LogP contribution is -1.99. The lowest BCUT2D eigenvalue weighted by Gasteiger charge is -2.08. The lowest BCUT2D eigenvalue weighted by molar-refractivity contribution is 0.106. The van der Waals surface area contributed by atoms with Crippen LogP contribution in [0.1, 0.15) is 24.6 Å². The highest BCUT2D eigenvalue weighted by molar-refractivity contribution is 9.10. The molecule has 2 aromatic rings. The van der Waals surface area contributed by atoms with Gasteiger partial charge in [-0.25, -0.2) is 0 Å². The van der Waals surface area contributed by atoms with Gasteiger partial charge >= 0.3 is 0 Å². The molecule has 94 valence electrons. The molecule has 1 aliphatic rings. The van der Waals surface area contributed by atoms with Crippen LogP contribution in [0.3, 0.4) is 0 Å². The Labute approximate surface area is 113 Å². The van der Waals surface area contributed by atoms with Gasteiger partial charge in [-0.15, -0.1) is 0 Å². The summed E-state index contributed by atoms with van der Waals surface area (Å²) < 4.78 is 11.8. The van der Waals surface area contributed by atoms with Crippen molar-refractivity contribution in [2.24, 2.45) is 0 Å². The summed E-state index contributed by atoms with van der Waals surface area (Å²) in [5, 5.41) is 4.06. The van der Waals surface area contributed by atoms with E-state index in [-0.39, 0.29) is 6.10 Å². The number of rotatable bonds is 2. The molecule has 1 aliphatic heterocycles. The third-order valence-corrected chi connectivity index (χ3v) is 3.59. The third kappa shape index (κ3) is 2.04. The fraction of sp³-hybridized carbons (Fsp3) is 0.308. The van der Waals surface area contributed by atoms with Gasteiger partial charge in [0, 0.05) is 11.1 Å². The Kier molecular flexibility index (Phi) is 3.09. The van der Waals surface area contributed by atoms with Crippen LogP contribution in [0, 0.1) is 0 Å². The summed E-state index contributed by atoms with van der Waals surface area (Å²) in [6.07, 6.45) is 2.02. The molecule has 18 heavy (non-hydrogen) atoms. The monoisotopic (exact) mass is 308 g/mol. The van der Waals surface area contributed by atoms with Crippen molar-refractivity contribution in [3.63, 3.8) is 0 Å². The highest BCUT2D eigenvalue weighted by Crippen LogP contribution is 2.38. The van der Waals surface area contributed by atoms with Crippen molar-refractivity contribution in [2.45, 2.75) is 18.9 Å². The predicted octanol–water partition coefficient (Wildman–Crippen LogP) is 3.54. The average Bonchev–Trinajstić information content (AvgIpc) is 2.97. The second-order valence-electron chi connectivity index (χ2n) is 4.32. The zero-order valence-electron chi connectivity index (χ0n) is 9.73. The van der Waals surface area contributed by atoms with E-state index in [1.807, 2.05) is 24.3 Å². The second kappa shape index (κ2) is 4.74. The van der Waals surface area contributed by atoms with Crippen LogP contribution in [0.25, 0.3) is 11.1 Å². The molecule has 3 rings (SSSR count). The molecule has 1 unspecified atom stereocenters. The fourth-order valence-electron chi connectivity index (χ4n) is 2.26. The predicted molar refractivity (Wildman–Crippen MR) is 72.0 cm³/mol. The maximum atomic E-state index is 5.89. The summed E-state index contributed by atoms with van der Waals surface area (Å²) in [7, 11) is 0. The smallest absolute Gasteiger partial charge is 0.230 e. The SMILES string of the molecule is Nc1onc(C2CCCO2)c1-c1cccc(Br)c1. The molecule has 2 N–H and O–H groups in total. The fourth-order valence-corrected chi connectivity index (χ4v) is 2.66. The molecule has 1 fully saturated rings. The molecular weight excluding hydrogens is 296 g/mol. The van der Waals surface area contributed by atoms with Crippen molar-refractivity contribution in [1.29, 1.82) is 0 Å². The Morgan fingerprint density at radius 3 is 3.00 bits per heavy atom. The van der Waals surface area contributed by atoms with Crippen LogP contribution in [0.5, 0.6) is 0 Å². The number of nitrogens with two attached hydrogens (primary N) is 1. The van der Waals surface area contributed by atoms with Gasteiger partial charge in [-0.3, -0.25) is 0 Å². The van der Waals surface area contributed by atoms with Crippen molar-refractivity contribution in [3.8, 4) is 11.1 Å². The Bertz CT molecular complexity index is 562. The van der Waals surface area contributed by atoms with Crippen molar-refractivity contribution in [1.82, 2.24) is 5.16 Å². The van der Waals surface area contributed by atoms with Crippen LogP contribution >= 0.6 is 15.9 Å². The molecule has 0 saturated carbocycles. The molecule has 1 atom stereocenters. The maximum Gasteiger partial charge on any atom is 0.230 e. The van der Waals surface area contributed by atoms with E-state index in [0.29, 0.717) is 5.88 Å². The first-order valence-corrected chi connectivity index (χ1v) is 6.67. The summed E-state index contributed by atoms with van der Waals surface area (Å²) in [5.74, 6) is 0.346.